The van der Waals surface area contributed by atoms with Crippen molar-refractivity contribution in [1.29, 1.82) is 0 Å². The summed E-state index contributed by atoms with van der Waals surface area (Å²) in [7, 11) is 0. The van der Waals surface area contributed by atoms with Crippen molar-refractivity contribution in [3.63, 3.8) is 0 Å². The summed E-state index contributed by atoms with van der Waals surface area (Å²) in [4.78, 5) is 66.8. The quantitative estimate of drug-likeness (QED) is 0.135. The summed E-state index contributed by atoms with van der Waals surface area (Å²) >= 11 is 0. The van der Waals surface area contributed by atoms with Crippen molar-refractivity contribution >= 4 is 35.2 Å². The van der Waals surface area contributed by atoms with Gasteiger partial charge in [0.15, 0.2) is 11.6 Å². The monoisotopic (exact) mass is 624 g/mol. The van der Waals surface area contributed by atoms with Gasteiger partial charge in [0.1, 0.15) is 22.7 Å². The van der Waals surface area contributed by atoms with Crippen LogP contribution in [0.1, 0.15) is 107 Å². The summed E-state index contributed by atoms with van der Waals surface area (Å²) in [5, 5.41) is 0. The molecule has 46 heavy (non-hydrogen) atoms. The number of hydrogen-bond donors (Lipinski definition) is 0. The Balaban J connectivity index is 1.45. The van der Waals surface area contributed by atoms with Crippen LogP contribution in [0.3, 0.4) is 0 Å². The Kier molecular flexibility index (Phi) is 8.57. The molecule has 2 aromatic carbocycles. The van der Waals surface area contributed by atoms with Crippen molar-refractivity contribution in [3.05, 3.63) is 77.4 Å². The molecule has 0 aromatic heterocycles. The van der Waals surface area contributed by atoms with Gasteiger partial charge in [-0.25, -0.2) is 0 Å². The second kappa shape index (κ2) is 12.5. The lowest BCUT2D eigenvalue weighted by atomic mass is 9.49. The first-order valence-corrected chi connectivity index (χ1v) is 16.6. The predicted octanol–water partition coefficient (Wildman–Crippen LogP) is 7.49. The third kappa shape index (κ3) is 5.02. The van der Waals surface area contributed by atoms with Crippen molar-refractivity contribution in [3.8, 4) is 11.5 Å². The van der Waals surface area contributed by atoms with Crippen LogP contribution in [-0.4, -0.2) is 29.5 Å². The van der Waals surface area contributed by atoms with Crippen molar-refractivity contribution in [2.45, 2.75) is 90.9 Å². The summed E-state index contributed by atoms with van der Waals surface area (Å²) in [6, 6.07) is 13.2. The average Bonchev–Trinajstić information content (AvgIpc) is 3.51. The molecule has 3 fully saturated rings. The number of ether oxygens (including phenoxy) is 3. The molecular formula is C38H40O8. The van der Waals surface area contributed by atoms with E-state index in [2.05, 4.69) is 0 Å². The minimum Gasteiger partial charge on any atom is -0.427 e. The maximum absolute atomic E-state index is 14.9. The van der Waals surface area contributed by atoms with Crippen LogP contribution in [0.15, 0.2) is 66.3 Å². The van der Waals surface area contributed by atoms with Gasteiger partial charge in [0.2, 0.25) is 0 Å². The van der Waals surface area contributed by atoms with Gasteiger partial charge < -0.3 is 14.2 Å². The number of Topliss-reactive ketones (excluding diaryl/α,β-unsaturated/α-hetero) is 1. The minimum atomic E-state index is -1.23. The normalized spacial score (nSPS) is 23.9. The lowest BCUT2D eigenvalue weighted by Crippen LogP contribution is -2.53. The van der Waals surface area contributed by atoms with Crippen LogP contribution >= 0.6 is 0 Å². The number of benzene rings is 2. The highest BCUT2D eigenvalue weighted by molar-refractivity contribution is 6.17. The zero-order valence-electron chi connectivity index (χ0n) is 26.5. The fraction of sp³-hybridized carbons (Fsp3) is 0.447. The topological polar surface area (TPSA) is 113 Å². The van der Waals surface area contributed by atoms with Crippen molar-refractivity contribution < 1.29 is 38.2 Å². The Morgan fingerprint density at radius 1 is 0.717 bits per heavy atom. The Labute approximate surface area is 269 Å². The highest BCUT2D eigenvalue weighted by Gasteiger charge is 2.78. The molecule has 240 valence electrons. The molecule has 3 saturated carbocycles. The summed E-state index contributed by atoms with van der Waals surface area (Å²) in [6.45, 7) is 3.43. The Morgan fingerprint density at radius 2 is 1.22 bits per heavy atom. The van der Waals surface area contributed by atoms with E-state index in [4.69, 9.17) is 14.2 Å². The van der Waals surface area contributed by atoms with Gasteiger partial charge >= 0.3 is 17.9 Å². The third-order valence-electron chi connectivity index (χ3n) is 10.6. The van der Waals surface area contributed by atoms with E-state index in [0.717, 1.165) is 38.5 Å². The summed E-state index contributed by atoms with van der Waals surface area (Å²) in [5.74, 6) is -0.411. The van der Waals surface area contributed by atoms with Crippen LogP contribution in [0.5, 0.6) is 11.5 Å². The molecule has 3 spiro atoms. The molecule has 8 nitrogen and oxygen atoms in total. The molecule has 1 heterocycles. The molecule has 0 N–H and O–H groups in total. The number of cyclic esters (lactones) is 1. The molecular weight excluding hydrogens is 584 g/mol. The highest BCUT2D eigenvalue weighted by Crippen LogP contribution is 2.74. The predicted molar refractivity (Wildman–Crippen MR) is 170 cm³/mol. The maximum Gasteiger partial charge on any atom is 0.323 e. The van der Waals surface area contributed by atoms with Gasteiger partial charge in [-0.05, 0) is 86.4 Å². The number of hydrogen-bond acceptors (Lipinski definition) is 8. The van der Waals surface area contributed by atoms with Crippen LogP contribution in [0.2, 0.25) is 0 Å². The van der Waals surface area contributed by atoms with E-state index < -0.39 is 22.2 Å². The zero-order chi connectivity index (χ0) is 32.5. The number of carbonyl (C=O) groups excluding carboxylic acids is 5. The SMILES string of the molecule is CCC(=O)Oc1ccc(C(=O)/C=C2\C(=O)C3(CCCCC3)C3(C=C(c4ccc(OC(=O)CC)cc4)OC3=O)C23CCCCC3)cc1. The van der Waals surface area contributed by atoms with Crippen molar-refractivity contribution in [2.24, 2.45) is 16.2 Å². The zero-order valence-corrected chi connectivity index (χ0v) is 26.5. The molecule has 1 aliphatic heterocycles. The fourth-order valence-corrected chi connectivity index (χ4v) is 8.39. The van der Waals surface area contributed by atoms with E-state index in [1.54, 1.807) is 62.4 Å². The number of rotatable bonds is 7. The van der Waals surface area contributed by atoms with Crippen LogP contribution < -0.4 is 9.47 Å². The molecule has 0 saturated heterocycles. The van der Waals surface area contributed by atoms with Crippen molar-refractivity contribution in [1.82, 2.24) is 0 Å². The molecule has 8 heteroatoms. The molecule has 2 aromatic rings. The number of esters is 3. The van der Waals surface area contributed by atoms with E-state index in [9.17, 15) is 24.0 Å². The highest BCUT2D eigenvalue weighted by atomic mass is 16.5. The van der Waals surface area contributed by atoms with Crippen LogP contribution in [0, 0.1) is 16.2 Å². The smallest absolute Gasteiger partial charge is 0.323 e. The maximum atomic E-state index is 14.9. The number of fused-ring (bicyclic) bond motifs is 2. The third-order valence-corrected chi connectivity index (χ3v) is 10.6. The van der Waals surface area contributed by atoms with Gasteiger partial charge in [-0.3, -0.25) is 24.0 Å². The number of allylic oxidation sites excluding steroid dienone is 2. The Morgan fingerprint density at radius 3 is 1.74 bits per heavy atom. The van der Waals surface area contributed by atoms with E-state index in [0.29, 0.717) is 59.6 Å². The largest absolute Gasteiger partial charge is 0.427 e. The van der Waals surface area contributed by atoms with Gasteiger partial charge in [0.05, 0.1) is 5.41 Å². The van der Waals surface area contributed by atoms with E-state index >= 15 is 0 Å². The van der Waals surface area contributed by atoms with Gasteiger partial charge in [0.25, 0.3) is 0 Å². The molecule has 1 atom stereocenters. The molecule has 3 aliphatic carbocycles. The molecule has 0 bridgehead atoms. The standard InChI is InChI=1S/C38H40O8/c1-3-32(40)44-27-15-11-25(12-16-27)30(39)23-29-34(42)37(21-9-6-10-22-37)38(36(29)19-7-5-8-20-36)24-31(46-35(38)43)26-13-17-28(18-14-26)45-33(41)4-2/h11-18,23-24H,3-10,19-22H2,1-2H3/b29-23+. The van der Waals surface area contributed by atoms with E-state index in [1.807, 2.05) is 6.08 Å². The second-order valence-corrected chi connectivity index (χ2v) is 12.9. The van der Waals surface area contributed by atoms with Gasteiger partial charge in [-0.2, -0.15) is 0 Å². The van der Waals surface area contributed by atoms with Gasteiger partial charge in [0, 0.05) is 35.0 Å². The first-order chi connectivity index (χ1) is 22.2. The lowest BCUT2D eigenvalue weighted by molar-refractivity contribution is -0.161. The van der Waals surface area contributed by atoms with Crippen LogP contribution in [-0.2, 0) is 23.9 Å². The molecule has 0 radical (unpaired) electrons. The van der Waals surface area contributed by atoms with Crippen LogP contribution in [0.4, 0.5) is 0 Å². The van der Waals surface area contributed by atoms with E-state index in [1.165, 1.54) is 6.08 Å². The number of carbonyl (C=O) groups is 5. The minimum absolute atomic E-state index is 0.104. The average molecular weight is 625 g/mol. The first kappa shape index (κ1) is 31.6. The van der Waals surface area contributed by atoms with Crippen molar-refractivity contribution in [2.75, 3.05) is 0 Å². The summed E-state index contributed by atoms with van der Waals surface area (Å²) in [5.41, 5.74) is -1.63. The molecule has 4 aliphatic rings. The second-order valence-electron chi connectivity index (χ2n) is 12.9. The summed E-state index contributed by atoms with van der Waals surface area (Å²) < 4.78 is 16.7. The first-order valence-electron chi connectivity index (χ1n) is 16.6. The number of ketones is 2. The Hall–Kier alpha value is -4.33. The molecule has 0 amide bonds. The van der Waals surface area contributed by atoms with Gasteiger partial charge in [-0.1, -0.05) is 52.4 Å². The summed E-state index contributed by atoms with van der Waals surface area (Å²) in [6.07, 6.45) is 11.5. The molecule has 6 rings (SSSR count). The molecule has 1 unspecified atom stereocenters. The Bertz CT molecular complexity index is 1620. The lowest BCUT2D eigenvalue weighted by Gasteiger charge is -2.50. The van der Waals surface area contributed by atoms with E-state index in [-0.39, 0.29) is 36.3 Å². The van der Waals surface area contributed by atoms with Gasteiger partial charge in [-0.15, -0.1) is 0 Å². The van der Waals surface area contributed by atoms with Crippen LogP contribution in [0.25, 0.3) is 5.76 Å². The fourth-order valence-electron chi connectivity index (χ4n) is 8.39.